The lowest BCUT2D eigenvalue weighted by Gasteiger charge is -2.23. The molecule has 0 aliphatic carbocycles. The lowest BCUT2D eigenvalue weighted by atomic mass is 10.0. The number of halogens is 1. The van der Waals surface area contributed by atoms with E-state index in [4.69, 9.17) is 15.2 Å². The molecule has 2 aromatic heterocycles. The van der Waals surface area contributed by atoms with Gasteiger partial charge in [-0.15, -0.1) is 0 Å². The minimum Gasteiger partial charge on any atom is -0.491 e. The van der Waals surface area contributed by atoms with Crippen LogP contribution < -0.4 is 10.5 Å². The van der Waals surface area contributed by atoms with E-state index in [1.807, 2.05) is 18.2 Å². The molecular formula is C20H17BrN4O3. The molecular weight excluding hydrogens is 424 g/mol. The first-order chi connectivity index (χ1) is 13.5. The molecule has 142 valence electrons. The number of benzene rings is 1. The van der Waals surface area contributed by atoms with Gasteiger partial charge in [0.2, 0.25) is 0 Å². The maximum absolute atomic E-state index is 13.1. The Morgan fingerprint density at radius 1 is 1.29 bits per heavy atom. The Morgan fingerprint density at radius 3 is 2.96 bits per heavy atom. The number of hydrogen-bond acceptors (Lipinski definition) is 6. The van der Waals surface area contributed by atoms with E-state index in [0.29, 0.717) is 36.8 Å². The van der Waals surface area contributed by atoms with Crippen LogP contribution in [0.4, 0.5) is 5.82 Å². The van der Waals surface area contributed by atoms with E-state index >= 15 is 0 Å². The summed E-state index contributed by atoms with van der Waals surface area (Å²) in [5.41, 5.74) is 9.91. The summed E-state index contributed by atoms with van der Waals surface area (Å²) in [5.74, 6) is 1.08. The second kappa shape index (κ2) is 6.42. The molecule has 2 aliphatic rings. The van der Waals surface area contributed by atoms with Gasteiger partial charge in [0.15, 0.2) is 0 Å². The Kier molecular flexibility index (Phi) is 3.99. The molecule has 8 heteroatoms. The number of nitrogen functional groups attached to an aromatic ring is 1. The van der Waals surface area contributed by atoms with Crippen molar-refractivity contribution >= 4 is 38.6 Å². The smallest absolute Gasteiger partial charge is 0.272 e. The third-order valence-electron chi connectivity index (χ3n) is 5.35. The summed E-state index contributed by atoms with van der Waals surface area (Å²) >= 11 is 3.44. The third-order valence-corrected chi connectivity index (χ3v) is 5.85. The van der Waals surface area contributed by atoms with Gasteiger partial charge in [-0.25, -0.2) is 9.97 Å². The number of aromatic nitrogens is 2. The van der Waals surface area contributed by atoms with Crippen molar-refractivity contribution in [2.45, 2.75) is 19.3 Å². The van der Waals surface area contributed by atoms with Crippen LogP contribution in [-0.2, 0) is 18.0 Å². The monoisotopic (exact) mass is 440 g/mol. The molecule has 1 aromatic carbocycles. The standard InChI is InChI=1S/C20H17BrN4O3/c1-25(17-9-28-18-4-10(21)2-3-11(17)18)20(26)15-5-12-13-7-27-8-14(13)19(22)24-16(12)6-23-15/h2-6,17H,7-9H2,1H3,(H2,22,24)/t17-/m1/s1. The molecule has 1 atom stereocenters. The van der Waals surface area contributed by atoms with E-state index in [2.05, 4.69) is 25.9 Å². The number of fused-ring (bicyclic) bond motifs is 4. The molecule has 0 bridgehead atoms. The molecule has 5 rings (SSSR count). The van der Waals surface area contributed by atoms with Crippen molar-refractivity contribution < 1.29 is 14.3 Å². The van der Waals surface area contributed by atoms with Gasteiger partial charge in [-0.05, 0) is 23.8 Å². The van der Waals surface area contributed by atoms with Crippen molar-refractivity contribution in [3.05, 3.63) is 57.3 Å². The molecule has 2 N–H and O–H groups in total. The maximum Gasteiger partial charge on any atom is 0.272 e. The average molecular weight is 441 g/mol. The number of nitrogens with two attached hydrogens (primary N) is 1. The third kappa shape index (κ3) is 2.63. The zero-order chi connectivity index (χ0) is 19.4. The molecule has 2 aliphatic heterocycles. The number of rotatable bonds is 2. The van der Waals surface area contributed by atoms with Crippen LogP contribution in [0.1, 0.15) is 33.2 Å². The predicted molar refractivity (Wildman–Crippen MR) is 107 cm³/mol. The number of anilines is 1. The second-order valence-electron chi connectivity index (χ2n) is 6.96. The Morgan fingerprint density at radius 2 is 2.11 bits per heavy atom. The summed E-state index contributed by atoms with van der Waals surface area (Å²) in [7, 11) is 1.77. The van der Waals surface area contributed by atoms with Crippen LogP contribution in [0.2, 0.25) is 0 Å². The molecule has 0 radical (unpaired) electrons. The van der Waals surface area contributed by atoms with Crippen LogP contribution in [0.5, 0.6) is 5.75 Å². The van der Waals surface area contributed by atoms with Crippen molar-refractivity contribution in [1.82, 2.24) is 14.9 Å². The summed E-state index contributed by atoms with van der Waals surface area (Å²) in [6.07, 6.45) is 1.60. The summed E-state index contributed by atoms with van der Waals surface area (Å²) < 4.78 is 12.2. The van der Waals surface area contributed by atoms with Crippen molar-refractivity contribution in [3.63, 3.8) is 0 Å². The fourth-order valence-corrected chi connectivity index (χ4v) is 4.14. The number of pyridine rings is 2. The number of hydrogen-bond donors (Lipinski definition) is 1. The molecule has 0 unspecified atom stereocenters. The zero-order valence-electron chi connectivity index (χ0n) is 15.1. The first-order valence-electron chi connectivity index (χ1n) is 8.87. The van der Waals surface area contributed by atoms with Crippen LogP contribution in [0, 0.1) is 0 Å². The Balaban J connectivity index is 1.51. The van der Waals surface area contributed by atoms with Gasteiger partial charge >= 0.3 is 0 Å². The lowest BCUT2D eigenvalue weighted by molar-refractivity contribution is 0.0703. The highest BCUT2D eigenvalue weighted by molar-refractivity contribution is 9.10. The summed E-state index contributed by atoms with van der Waals surface area (Å²) in [6.45, 7) is 1.33. The van der Waals surface area contributed by atoms with Crippen molar-refractivity contribution in [3.8, 4) is 5.75 Å². The average Bonchev–Trinajstić information content (AvgIpc) is 3.34. The van der Waals surface area contributed by atoms with Crippen molar-refractivity contribution in [2.75, 3.05) is 19.4 Å². The Labute approximate surface area is 169 Å². The molecule has 0 spiro atoms. The number of likely N-dealkylation sites (N-methyl/N-ethyl adjacent to an activating group) is 1. The predicted octanol–water partition coefficient (Wildman–Crippen LogP) is 3.21. The molecule has 28 heavy (non-hydrogen) atoms. The maximum atomic E-state index is 13.1. The first kappa shape index (κ1) is 17.4. The van der Waals surface area contributed by atoms with E-state index in [1.54, 1.807) is 24.2 Å². The van der Waals surface area contributed by atoms with Gasteiger partial charge in [-0.3, -0.25) is 4.79 Å². The van der Waals surface area contributed by atoms with Crippen molar-refractivity contribution in [1.29, 1.82) is 0 Å². The van der Waals surface area contributed by atoms with Crippen LogP contribution in [0.25, 0.3) is 10.9 Å². The Bertz CT molecular complexity index is 1130. The SMILES string of the molecule is CN(C(=O)c1cc2c3c(c(N)nc2cn1)COC3)[C@@H]1COc2cc(Br)ccc21. The second-order valence-corrected chi connectivity index (χ2v) is 7.87. The molecule has 7 nitrogen and oxygen atoms in total. The molecule has 4 heterocycles. The van der Waals surface area contributed by atoms with Crippen LogP contribution in [0.15, 0.2) is 34.9 Å². The fourth-order valence-electron chi connectivity index (χ4n) is 3.80. The number of amides is 1. The van der Waals surface area contributed by atoms with Gasteiger partial charge in [0.05, 0.1) is 31.0 Å². The van der Waals surface area contributed by atoms with E-state index in [1.165, 1.54) is 0 Å². The highest BCUT2D eigenvalue weighted by Gasteiger charge is 2.31. The normalized spacial score (nSPS) is 17.3. The molecule has 0 fully saturated rings. The number of nitrogens with zero attached hydrogens (tertiary/aromatic N) is 3. The summed E-state index contributed by atoms with van der Waals surface area (Å²) in [5, 5.41) is 0.862. The largest absolute Gasteiger partial charge is 0.491 e. The zero-order valence-corrected chi connectivity index (χ0v) is 16.7. The van der Waals surface area contributed by atoms with Gasteiger partial charge < -0.3 is 20.1 Å². The number of ether oxygens (including phenoxy) is 2. The quantitative estimate of drug-likeness (QED) is 0.657. The van der Waals surface area contributed by atoms with Gasteiger partial charge in [-0.1, -0.05) is 22.0 Å². The number of carbonyl (C=O) groups is 1. The molecule has 0 saturated carbocycles. The fraction of sp³-hybridized carbons (Fsp3) is 0.250. The van der Waals surface area contributed by atoms with Crippen LogP contribution in [0.3, 0.4) is 0 Å². The first-order valence-corrected chi connectivity index (χ1v) is 9.66. The molecule has 3 aromatic rings. The van der Waals surface area contributed by atoms with Crippen LogP contribution in [-0.4, -0.2) is 34.4 Å². The van der Waals surface area contributed by atoms with Gasteiger partial charge in [-0.2, -0.15) is 0 Å². The van der Waals surface area contributed by atoms with Crippen molar-refractivity contribution in [2.24, 2.45) is 0 Å². The Hall–Kier alpha value is -2.71. The van der Waals surface area contributed by atoms with E-state index in [-0.39, 0.29) is 11.9 Å². The highest BCUT2D eigenvalue weighted by atomic mass is 79.9. The number of carbonyl (C=O) groups excluding carboxylic acids is 1. The van der Waals surface area contributed by atoms with Gasteiger partial charge in [0, 0.05) is 28.0 Å². The van der Waals surface area contributed by atoms with E-state index < -0.39 is 0 Å². The van der Waals surface area contributed by atoms with Gasteiger partial charge in [0.1, 0.15) is 23.9 Å². The summed E-state index contributed by atoms with van der Waals surface area (Å²) in [4.78, 5) is 23.5. The lowest BCUT2D eigenvalue weighted by Crippen LogP contribution is -2.32. The van der Waals surface area contributed by atoms with Gasteiger partial charge in [0.25, 0.3) is 5.91 Å². The highest BCUT2D eigenvalue weighted by Crippen LogP contribution is 2.38. The minimum absolute atomic E-state index is 0.160. The molecule has 0 saturated heterocycles. The minimum atomic E-state index is -0.171. The molecule has 1 amide bonds. The van der Waals surface area contributed by atoms with Crippen LogP contribution >= 0.6 is 15.9 Å². The van der Waals surface area contributed by atoms with E-state index in [0.717, 1.165) is 32.3 Å². The summed E-state index contributed by atoms with van der Waals surface area (Å²) in [6, 6.07) is 7.47. The topological polar surface area (TPSA) is 90.6 Å². The van der Waals surface area contributed by atoms with E-state index in [9.17, 15) is 4.79 Å².